The van der Waals surface area contributed by atoms with Gasteiger partial charge in [-0.15, -0.1) is 0 Å². The number of pyridine rings is 1. The molecular weight excluding hydrogens is 188 g/mol. The zero-order valence-corrected chi connectivity index (χ0v) is 8.13. The van der Waals surface area contributed by atoms with Crippen molar-refractivity contribution >= 4 is 28.3 Å². The van der Waals surface area contributed by atoms with Gasteiger partial charge in [0.15, 0.2) is 5.82 Å². The van der Waals surface area contributed by atoms with Crippen LogP contribution >= 0.6 is 11.6 Å². The molecule has 4 nitrogen and oxygen atoms in total. The summed E-state index contributed by atoms with van der Waals surface area (Å²) in [6, 6.07) is 1.91. The number of fused-ring (bicyclic) bond motifs is 1. The van der Waals surface area contributed by atoms with Gasteiger partial charge in [0.2, 0.25) is 0 Å². The highest BCUT2D eigenvalue weighted by Gasteiger charge is 2.10. The van der Waals surface area contributed by atoms with E-state index in [2.05, 4.69) is 10.1 Å². The molecule has 0 saturated carbocycles. The van der Waals surface area contributed by atoms with E-state index in [1.807, 2.05) is 20.0 Å². The van der Waals surface area contributed by atoms with E-state index in [9.17, 15) is 0 Å². The van der Waals surface area contributed by atoms with Crippen LogP contribution in [0.1, 0.15) is 5.69 Å². The van der Waals surface area contributed by atoms with Gasteiger partial charge in [-0.25, -0.2) is 4.98 Å². The minimum Gasteiger partial charge on any atom is -0.382 e. The lowest BCUT2D eigenvalue weighted by Gasteiger charge is -1.97. The number of aryl methyl sites for hydroxylation is 2. The minimum atomic E-state index is 0.417. The van der Waals surface area contributed by atoms with Crippen LogP contribution in [0.25, 0.3) is 10.9 Å². The largest absolute Gasteiger partial charge is 0.382 e. The van der Waals surface area contributed by atoms with Crippen molar-refractivity contribution in [1.29, 1.82) is 0 Å². The quantitative estimate of drug-likeness (QED) is 0.650. The van der Waals surface area contributed by atoms with Crippen molar-refractivity contribution in [3.63, 3.8) is 0 Å². The van der Waals surface area contributed by atoms with Crippen LogP contribution in [0, 0.1) is 6.92 Å². The summed E-state index contributed by atoms with van der Waals surface area (Å²) in [5.41, 5.74) is 7.45. The van der Waals surface area contributed by atoms with Gasteiger partial charge in [0.05, 0.1) is 10.9 Å². The van der Waals surface area contributed by atoms with Crippen molar-refractivity contribution in [2.24, 2.45) is 7.05 Å². The Hall–Kier alpha value is -1.29. The van der Waals surface area contributed by atoms with E-state index in [0.717, 1.165) is 16.6 Å². The first-order chi connectivity index (χ1) is 6.09. The van der Waals surface area contributed by atoms with Gasteiger partial charge in [-0.1, -0.05) is 11.6 Å². The molecule has 0 amide bonds. The fourth-order valence-corrected chi connectivity index (χ4v) is 1.70. The molecule has 0 aliphatic rings. The molecule has 2 N–H and O–H groups in total. The molecule has 0 bridgehead atoms. The van der Waals surface area contributed by atoms with E-state index in [0.29, 0.717) is 11.0 Å². The topological polar surface area (TPSA) is 56.7 Å². The second-order valence-electron chi connectivity index (χ2n) is 2.96. The first-order valence-electron chi connectivity index (χ1n) is 3.85. The van der Waals surface area contributed by atoms with Crippen LogP contribution in [0.5, 0.6) is 0 Å². The summed E-state index contributed by atoms with van der Waals surface area (Å²) < 4.78 is 1.70. The molecule has 2 aromatic rings. The van der Waals surface area contributed by atoms with E-state index in [4.69, 9.17) is 17.3 Å². The maximum atomic E-state index is 5.94. The van der Waals surface area contributed by atoms with Gasteiger partial charge in [-0.2, -0.15) is 5.10 Å². The van der Waals surface area contributed by atoms with Crippen LogP contribution in [0.2, 0.25) is 5.15 Å². The van der Waals surface area contributed by atoms with Gasteiger partial charge in [-0.3, -0.25) is 4.68 Å². The fourth-order valence-electron chi connectivity index (χ4n) is 1.38. The average molecular weight is 197 g/mol. The second kappa shape index (κ2) is 2.60. The number of anilines is 1. The number of hydrogen-bond donors (Lipinski definition) is 1. The standard InChI is InChI=1S/C8H9ClN4/c1-4-3-5-6(7(9)11-4)8(10)12-13(5)2/h3H,1-2H3,(H2,10,12). The zero-order chi connectivity index (χ0) is 9.59. The maximum Gasteiger partial charge on any atom is 0.156 e. The van der Waals surface area contributed by atoms with E-state index >= 15 is 0 Å². The van der Waals surface area contributed by atoms with Gasteiger partial charge in [-0.05, 0) is 13.0 Å². The Morgan fingerprint density at radius 1 is 1.54 bits per heavy atom. The second-order valence-corrected chi connectivity index (χ2v) is 3.32. The molecule has 13 heavy (non-hydrogen) atoms. The van der Waals surface area contributed by atoms with Crippen molar-refractivity contribution in [2.45, 2.75) is 6.92 Å². The highest BCUT2D eigenvalue weighted by Crippen LogP contribution is 2.26. The molecule has 0 atom stereocenters. The third-order valence-corrected chi connectivity index (χ3v) is 2.22. The number of aromatic nitrogens is 3. The van der Waals surface area contributed by atoms with E-state index in [-0.39, 0.29) is 0 Å². The van der Waals surface area contributed by atoms with Gasteiger partial charge >= 0.3 is 0 Å². The van der Waals surface area contributed by atoms with E-state index in [1.54, 1.807) is 4.68 Å². The number of hydrogen-bond acceptors (Lipinski definition) is 3. The van der Waals surface area contributed by atoms with Crippen molar-refractivity contribution < 1.29 is 0 Å². The van der Waals surface area contributed by atoms with Crippen LogP contribution in [-0.2, 0) is 7.05 Å². The molecule has 0 spiro atoms. The van der Waals surface area contributed by atoms with Crippen molar-refractivity contribution in [2.75, 3.05) is 5.73 Å². The molecular formula is C8H9ClN4. The third-order valence-electron chi connectivity index (χ3n) is 1.95. The molecule has 2 rings (SSSR count). The highest BCUT2D eigenvalue weighted by atomic mass is 35.5. The third kappa shape index (κ3) is 1.14. The Kier molecular flexibility index (Phi) is 1.66. The Labute approximate surface area is 80.3 Å². The lowest BCUT2D eigenvalue weighted by Crippen LogP contribution is -1.91. The molecule has 2 heterocycles. The van der Waals surface area contributed by atoms with Crippen molar-refractivity contribution in [3.05, 3.63) is 16.9 Å². The molecule has 0 aliphatic heterocycles. The molecule has 0 saturated heterocycles. The number of nitrogens with zero attached hydrogens (tertiary/aromatic N) is 3. The molecule has 0 fully saturated rings. The van der Waals surface area contributed by atoms with Gasteiger partial charge in [0.25, 0.3) is 0 Å². The maximum absolute atomic E-state index is 5.94. The van der Waals surface area contributed by atoms with Crippen molar-refractivity contribution in [3.8, 4) is 0 Å². The molecule has 0 aliphatic carbocycles. The molecule has 68 valence electrons. The smallest absolute Gasteiger partial charge is 0.156 e. The Morgan fingerprint density at radius 3 is 2.92 bits per heavy atom. The SMILES string of the molecule is Cc1cc2c(c(N)nn2C)c(Cl)n1. The van der Waals surface area contributed by atoms with Crippen LogP contribution in [0.3, 0.4) is 0 Å². The van der Waals surface area contributed by atoms with E-state index in [1.165, 1.54) is 0 Å². The molecule has 0 aromatic carbocycles. The van der Waals surface area contributed by atoms with Crippen LogP contribution < -0.4 is 5.73 Å². The van der Waals surface area contributed by atoms with Gasteiger partial charge in [0.1, 0.15) is 5.15 Å². The Morgan fingerprint density at radius 2 is 2.23 bits per heavy atom. The minimum absolute atomic E-state index is 0.417. The molecule has 0 unspecified atom stereocenters. The molecule has 5 heteroatoms. The first kappa shape index (κ1) is 8.31. The normalized spacial score (nSPS) is 11.0. The Balaban J connectivity index is 2.97. The summed E-state index contributed by atoms with van der Waals surface area (Å²) in [6.45, 7) is 1.88. The monoisotopic (exact) mass is 196 g/mol. The number of rotatable bonds is 0. The Bertz CT molecular complexity index is 474. The average Bonchev–Trinajstić information content (AvgIpc) is 2.27. The summed E-state index contributed by atoms with van der Waals surface area (Å²) in [5.74, 6) is 0.426. The predicted molar refractivity (Wildman–Crippen MR) is 52.7 cm³/mol. The summed E-state index contributed by atoms with van der Waals surface area (Å²) in [5, 5.41) is 5.21. The van der Waals surface area contributed by atoms with Crippen molar-refractivity contribution in [1.82, 2.24) is 14.8 Å². The first-order valence-corrected chi connectivity index (χ1v) is 4.22. The van der Waals surface area contributed by atoms with Gasteiger partial charge in [0, 0.05) is 12.7 Å². The summed E-state index contributed by atoms with van der Waals surface area (Å²) >= 11 is 5.94. The summed E-state index contributed by atoms with van der Waals surface area (Å²) in [7, 11) is 1.83. The zero-order valence-electron chi connectivity index (χ0n) is 7.37. The van der Waals surface area contributed by atoms with Crippen LogP contribution in [0.4, 0.5) is 5.82 Å². The summed E-state index contributed by atoms with van der Waals surface area (Å²) in [6.07, 6.45) is 0. The molecule has 0 radical (unpaired) electrons. The van der Waals surface area contributed by atoms with Crippen LogP contribution in [0.15, 0.2) is 6.07 Å². The number of halogens is 1. The van der Waals surface area contributed by atoms with E-state index < -0.39 is 0 Å². The number of nitrogen functional groups attached to an aromatic ring is 1. The highest BCUT2D eigenvalue weighted by molar-refractivity contribution is 6.35. The van der Waals surface area contributed by atoms with Gasteiger partial charge < -0.3 is 5.73 Å². The van der Waals surface area contributed by atoms with Crippen LogP contribution in [-0.4, -0.2) is 14.8 Å². The molecule has 2 aromatic heterocycles. The lowest BCUT2D eigenvalue weighted by molar-refractivity contribution is 0.801. The lowest BCUT2D eigenvalue weighted by atomic mass is 10.3. The predicted octanol–water partition coefficient (Wildman–Crippen LogP) is 1.51. The number of nitrogens with two attached hydrogens (primary N) is 1. The fraction of sp³-hybridized carbons (Fsp3) is 0.250. The summed E-state index contributed by atoms with van der Waals surface area (Å²) in [4.78, 5) is 4.11.